The van der Waals surface area contributed by atoms with E-state index in [1.54, 1.807) is 6.20 Å². The minimum Gasteiger partial charge on any atom is -0.410 e. The molecule has 1 aliphatic heterocycles. The smallest absolute Gasteiger partial charge is 0.114 e. The number of para-hydroxylation sites is 1. The number of rotatable bonds is 4. The number of nitrogens with one attached hydrogen (secondary N) is 2. The van der Waals surface area contributed by atoms with Crippen molar-refractivity contribution in [1.82, 2.24) is 10.3 Å². The van der Waals surface area contributed by atoms with Crippen LogP contribution in [0.1, 0.15) is 18.4 Å². The van der Waals surface area contributed by atoms with Gasteiger partial charge in [0.15, 0.2) is 0 Å². The number of nitrogens with zero attached hydrogens (tertiary/aromatic N) is 1. The van der Waals surface area contributed by atoms with Gasteiger partial charge >= 0.3 is 0 Å². The molecular formula is C22H24N4O. The average molecular weight is 360 g/mol. The average Bonchev–Trinajstić information content (AvgIpc) is 3.17. The molecule has 0 unspecified atom stereocenters. The lowest BCUT2D eigenvalue weighted by atomic mass is 9.85. The van der Waals surface area contributed by atoms with Crippen molar-refractivity contribution in [3.8, 4) is 11.1 Å². The SMILES string of the molecule is NC=C(C(=NO)c1cccc(-c2c[nH]c3ccccc23)c1)C1CCNCC1. The summed E-state index contributed by atoms with van der Waals surface area (Å²) in [6.45, 7) is 1.91. The quantitative estimate of drug-likeness (QED) is 0.324. The van der Waals surface area contributed by atoms with Crippen molar-refractivity contribution >= 4 is 16.6 Å². The van der Waals surface area contributed by atoms with Crippen molar-refractivity contribution in [2.45, 2.75) is 12.8 Å². The molecule has 0 bridgehead atoms. The highest BCUT2D eigenvalue weighted by atomic mass is 16.4. The van der Waals surface area contributed by atoms with E-state index in [2.05, 4.69) is 39.7 Å². The third-order valence-corrected chi connectivity index (χ3v) is 5.37. The first-order valence-corrected chi connectivity index (χ1v) is 9.33. The third-order valence-electron chi connectivity index (χ3n) is 5.37. The van der Waals surface area contributed by atoms with E-state index in [0.29, 0.717) is 11.6 Å². The zero-order chi connectivity index (χ0) is 18.6. The Morgan fingerprint density at radius 2 is 1.93 bits per heavy atom. The maximum atomic E-state index is 9.77. The molecule has 5 N–H and O–H groups in total. The second kappa shape index (κ2) is 7.68. The highest BCUT2D eigenvalue weighted by molar-refractivity contribution is 6.13. The minimum atomic E-state index is 0.305. The summed E-state index contributed by atoms with van der Waals surface area (Å²) < 4.78 is 0. The van der Waals surface area contributed by atoms with Gasteiger partial charge in [0.2, 0.25) is 0 Å². The molecule has 0 amide bonds. The van der Waals surface area contributed by atoms with Crippen LogP contribution < -0.4 is 11.1 Å². The summed E-state index contributed by atoms with van der Waals surface area (Å²) in [5.41, 5.74) is 11.6. The molecule has 1 saturated heterocycles. The van der Waals surface area contributed by atoms with Crippen LogP contribution in [-0.4, -0.2) is 29.0 Å². The Labute approximate surface area is 158 Å². The summed E-state index contributed by atoms with van der Waals surface area (Å²) >= 11 is 0. The normalized spacial score (nSPS) is 16.7. The Morgan fingerprint density at radius 3 is 2.70 bits per heavy atom. The van der Waals surface area contributed by atoms with Gasteiger partial charge in [-0.15, -0.1) is 0 Å². The Kier molecular flexibility index (Phi) is 4.94. The van der Waals surface area contributed by atoms with Crippen LogP contribution in [0.5, 0.6) is 0 Å². The monoisotopic (exact) mass is 360 g/mol. The number of H-pyrrole nitrogens is 1. The topological polar surface area (TPSA) is 86.4 Å². The summed E-state index contributed by atoms with van der Waals surface area (Å²) in [6.07, 6.45) is 5.60. The number of hydrogen-bond acceptors (Lipinski definition) is 4. The molecule has 1 fully saturated rings. The van der Waals surface area contributed by atoms with Gasteiger partial charge in [0.1, 0.15) is 5.71 Å². The second-order valence-corrected chi connectivity index (χ2v) is 6.92. The molecule has 27 heavy (non-hydrogen) atoms. The van der Waals surface area contributed by atoms with Crippen molar-refractivity contribution < 1.29 is 5.21 Å². The maximum absolute atomic E-state index is 9.77. The minimum absolute atomic E-state index is 0.305. The lowest BCUT2D eigenvalue weighted by Gasteiger charge is -2.25. The molecule has 0 atom stereocenters. The highest BCUT2D eigenvalue weighted by Gasteiger charge is 2.23. The molecule has 2 aromatic carbocycles. The molecule has 2 heterocycles. The summed E-state index contributed by atoms with van der Waals surface area (Å²) in [5, 5.41) is 17.9. The molecule has 0 spiro atoms. The van der Waals surface area contributed by atoms with Crippen molar-refractivity contribution in [2.75, 3.05) is 13.1 Å². The Hall–Kier alpha value is -3.05. The van der Waals surface area contributed by atoms with Gasteiger partial charge in [-0.2, -0.15) is 0 Å². The lowest BCUT2D eigenvalue weighted by molar-refractivity contribution is 0.318. The summed E-state index contributed by atoms with van der Waals surface area (Å²) in [5.74, 6) is 0.305. The Balaban J connectivity index is 1.72. The molecule has 4 rings (SSSR count). The third kappa shape index (κ3) is 3.34. The first kappa shape index (κ1) is 17.4. The van der Waals surface area contributed by atoms with E-state index < -0.39 is 0 Å². The number of nitrogens with two attached hydrogens (primary N) is 1. The summed E-state index contributed by atoms with van der Waals surface area (Å²) in [6, 6.07) is 16.3. The van der Waals surface area contributed by atoms with Crippen LogP contribution in [-0.2, 0) is 0 Å². The molecular weight excluding hydrogens is 336 g/mol. The molecule has 0 aliphatic carbocycles. The first-order valence-electron chi connectivity index (χ1n) is 9.33. The van der Waals surface area contributed by atoms with Crippen molar-refractivity contribution in [3.05, 3.63) is 72.1 Å². The van der Waals surface area contributed by atoms with Gasteiger partial charge in [-0.25, -0.2) is 0 Å². The molecule has 5 nitrogen and oxygen atoms in total. The molecule has 0 saturated carbocycles. The number of benzene rings is 2. The van der Waals surface area contributed by atoms with Crippen LogP contribution in [0.15, 0.2) is 71.7 Å². The number of hydrogen-bond donors (Lipinski definition) is 4. The summed E-state index contributed by atoms with van der Waals surface area (Å²) in [4.78, 5) is 3.32. The molecule has 5 heteroatoms. The number of oxime groups is 1. The van der Waals surface area contributed by atoms with Crippen molar-refractivity contribution in [1.29, 1.82) is 0 Å². The van der Waals surface area contributed by atoms with Crippen molar-refractivity contribution in [3.63, 3.8) is 0 Å². The fourth-order valence-corrected chi connectivity index (χ4v) is 3.97. The zero-order valence-electron chi connectivity index (χ0n) is 15.2. The maximum Gasteiger partial charge on any atom is 0.114 e. The van der Waals surface area contributed by atoms with E-state index in [-0.39, 0.29) is 0 Å². The van der Waals surface area contributed by atoms with E-state index in [1.807, 2.05) is 30.5 Å². The largest absolute Gasteiger partial charge is 0.410 e. The van der Waals surface area contributed by atoms with Gasteiger partial charge in [0.25, 0.3) is 0 Å². The van der Waals surface area contributed by atoms with E-state index in [1.165, 1.54) is 5.39 Å². The first-order chi connectivity index (χ1) is 13.3. The highest BCUT2D eigenvalue weighted by Crippen LogP contribution is 2.31. The second-order valence-electron chi connectivity index (χ2n) is 6.92. The fourth-order valence-electron chi connectivity index (χ4n) is 3.97. The van der Waals surface area contributed by atoms with Crippen LogP contribution in [0.2, 0.25) is 0 Å². The van der Waals surface area contributed by atoms with Crippen LogP contribution >= 0.6 is 0 Å². The number of allylic oxidation sites excluding steroid dienone is 1. The van der Waals surface area contributed by atoms with E-state index in [9.17, 15) is 5.21 Å². The number of aromatic amines is 1. The van der Waals surface area contributed by atoms with Gasteiger partial charge in [0.05, 0.1) is 0 Å². The Morgan fingerprint density at radius 1 is 1.11 bits per heavy atom. The molecule has 3 aromatic rings. The lowest BCUT2D eigenvalue weighted by Crippen LogP contribution is -2.31. The van der Waals surface area contributed by atoms with Crippen LogP contribution in [0.3, 0.4) is 0 Å². The van der Waals surface area contributed by atoms with Gasteiger partial charge in [0, 0.05) is 33.8 Å². The van der Waals surface area contributed by atoms with Gasteiger partial charge in [-0.1, -0.05) is 41.6 Å². The predicted molar refractivity (Wildman–Crippen MR) is 110 cm³/mol. The van der Waals surface area contributed by atoms with E-state index in [4.69, 9.17) is 5.73 Å². The fraction of sp³-hybridized carbons (Fsp3) is 0.227. The number of fused-ring (bicyclic) bond motifs is 1. The molecule has 0 radical (unpaired) electrons. The number of piperidine rings is 1. The van der Waals surface area contributed by atoms with Crippen LogP contribution in [0.4, 0.5) is 0 Å². The summed E-state index contributed by atoms with van der Waals surface area (Å²) in [7, 11) is 0. The van der Waals surface area contributed by atoms with E-state index in [0.717, 1.165) is 53.7 Å². The van der Waals surface area contributed by atoms with Crippen LogP contribution in [0, 0.1) is 5.92 Å². The van der Waals surface area contributed by atoms with Gasteiger partial charge in [-0.05, 0) is 55.7 Å². The van der Waals surface area contributed by atoms with Gasteiger partial charge < -0.3 is 21.2 Å². The molecule has 1 aromatic heterocycles. The standard InChI is InChI=1S/C22H24N4O/c23-13-19(15-8-10-24-11-9-15)22(26-27)17-5-3-4-16(12-17)20-14-25-21-7-2-1-6-18(20)21/h1-7,12-15,24-25,27H,8-11,23H2. The zero-order valence-corrected chi connectivity index (χ0v) is 15.2. The Bertz CT molecular complexity index is 996. The van der Waals surface area contributed by atoms with E-state index >= 15 is 0 Å². The predicted octanol–water partition coefficient (Wildman–Crippen LogP) is 3.86. The van der Waals surface area contributed by atoms with Crippen LogP contribution in [0.25, 0.3) is 22.0 Å². The van der Waals surface area contributed by atoms with Crippen molar-refractivity contribution in [2.24, 2.45) is 16.8 Å². The van der Waals surface area contributed by atoms with Gasteiger partial charge in [-0.3, -0.25) is 0 Å². The molecule has 1 aliphatic rings. The number of aromatic nitrogens is 1. The molecule has 138 valence electrons.